The van der Waals surface area contributed by atoms with Crippen LogP contribution < -0.4 is 5.73 Å². The monoisotopic (exact) mass is 213 g/mol. The summed E-state index contributed by atoms with van der Waals surface area (Å²) < 4.78 is 0. The third kappa shape index (κ3) is 3.43. The number of nitrogen functional groups attached to an aromatic ring is 1. The number of anilines is 1. The third-order valence-electron chi connectivity index (χ3n) is 2.29. The predicted molar refractivity (Wildman–Crippen MR) is 71.5 cm³/mol. The summed E-state index contributed by atoms with van der Waals surface area (Å²) in [5.41, 5.74) is 9.23. The molecule has 0 saturated heterocycles. The lowest BCUT2D eigenvalue weighted by Crippen LogP contribution is -1.94. The Kier molecular flexibility index (Phi) is 5.13. The van der Waals surface area contributed by atoms with E-state index in [1.165, 1.54) is 11.1 Å². The molecule has 0 spiro atoms. The second-order valence-electron chi connectivity index (χ2n) is 3.36. The van der Waals surface area contributed by atoms with Crippen LogP contribution in [-0.4, -0.2) is 0 Å². The standard InChI is InChI=1S/C13H13N.C2H6/c14-13-9-5-4-8-12(13)10-11-6-2-1-3-7-11;1-2/h1-9H,10,14H2;1-2H3. The van der Waals surface area contributed by atoms with E-state index in [-0.39, 0.29) is 0 Å². The summed E-state index contributed by atoms with van der Waals surface area (Å²) in [6.45, 7) is 4.00. The molecule has 0 amide bonds. The first-order chi connectivity index (χ1) is 7.86. The molecule has 1 nitrogen and oxygen atoms in total. The van der Waals surface area contributed by atoms with Crippen molar-refractivity contribution in [1.29, 1.82) is 0 Å². The Morgan fingerprint density at radius 2 is 1.38 bits per heavy atom. The van der Waals surface area contributed by atoms with Crippen LogP contribution in [0.4, 0.5) is 5.69 Å². The largest absolute Gasteiger partial charge is 0.398 e. The minimum absolute atomic E-state index is 0.872. The lowest BCUT2D eigenvalue weighted by atomic mass is 10.0. The van der Waals surface area contributed by atoms with Crippen molar-refractivity contribution >= 4 is 5.69 Å². The zero-order chi connectivity index (χ0) is 11.8. The Bertz CT molecular complexity index is 407. The van der Waals surface area contributed by atoms with E-state index in [2.05, 4.69) is 30.3 Å². The number of hydrogen-bond donors (Lipinski definition) is 1. The van der Waals surface area contributed by atoms with Gasteiger partial charge in [-0.25, -0.2) is 0 Å². The Morgan fingerprint density at radius 3 is 2.00 bits per heavy atom. The Labute approximate surface area is 97.9 Å². The highest BCUT2D eigenvalue weighted by Gasteiger charge is 1.98. The van der Waals surface area contributed by atoms with Gasteiger partial charge in [-0.15, -0.1) is 0 Å². The van der Waals surface area contributed by atoms with Crippen molar-refractivity contribution in [3.8, 4) is 0 Å². The van der Waals surface area contributed by atoms with Gasteiger partial charge < -0.3 is 5.73 Å². The fourth-order valence-corrected chi connectivity index (χ4v) is 1.51. The molecule has 0 radical (unpaired) electrons. The summed E-state index contributed by atoms with van der Waals surface area (Å²) >= 11 is 0. The summed E-state index contributed by atoms with van der Waals surface area (Å²) in [5.74, 6) is 0. The van der Waals surface area contributed by atoms with Crippen molar-refractivity contribution < 1.29 is 0 Å². The molecule has 0 aliphatic heterocycles. The number of hydrogen-bond acceptors (Lipinski definition) is 1. The molecule has 2 rings (SSSR count). The van der Waals surface area contributed by atoms with Gasteiger partial charge in [0.2, 0.25) is 0 Å². The van der Waals surface area contributed by atoms with Crippen molar-refractivity contribution in [2.75, 3.05) is 5.73 Å². The van der Waals surface area contributed by atoms with Crippen LogP contribution in [0.5, 0.6) is 0 Å². The minimum atomic E-state index is 0.872. The molecule has 0 saturated carbocycles. The molecule has 2 aromatic carbocycles. The molecule has 0 aromatic heterocycles. The van der Waals surface area contributed by atoms with E-state index in [1.807, 2.05) is 38.1 Å². The van der Waals surface area contributed by atoms with Gasteiger partial charge >= 0.3 is 0 Å². The average molecular weight is 213 g/mol. The molecule has 1 heteroatoms. The fourth-order valence-electron chi connectivity index (χ4n) is 1.51. The van der Waals surface area contributed by atoms with E-state index >= 15 is 0 Å². The Morgan fingerprint density at radius 1 is 0.812 bits per heavy atom. The third-order valence-corrected chi connectivity index (χ3v) is 2.29. The van der Waals surface area contributed by atoms with Crippen molar-refractivity contribution in [2.45, 2.75) is 20.3 Å². The maximum absolute atomic E-state index is 5.87. The molecule has 2 aromatic rings. The second-order valence-corrected chi connectivity index (χ2v) is 3.36. The van der Waals surface area contributed by atoms with Gasteiger partial charge in [0.25, 0.3) is 0 Å². The van der Waals surface area contributed by atoms with Gasteiger partial charge in [0.15, 0.2) is 0 Å². The van der Waals surface area contributed by atoms with Crippen molar-refractivity contribution in [1.82, 2.24) is 0 Å². The van der Waals surface area contributed by atoms with E-state index < -0.39 is 0 Å². The first-order valence-electron chi connectivity index (χ1n) is 5.73. The van der Waals surface area contributed by atoms with E-state index in [9.17, 15) is 0 Å². The molecular weight excluding hydrogens is 194 g/mol. The molecule has 0 bridgehead atoms. The fraction of sp³-hybridized carbons (Fsp3) is 0.200. The van der Waals surface area contributed by atoms with Gasteiger partial charge in [-0.3, -0.25) is 0 Å². The number of para-hydroxylation sites is 1. The number of rotatable bonds is 2. The van der Waals surface area contributed by atoms with Crippen LogP contribution in [0.15, 0.2) is 54.6 Å². The second kappa shape index (κ2) is 6.67. The van der Waals surface area contributed by atoms with Crippen molar-refractivity contribution in [2.24, 2.45) is 0 Å². The van der Waals surface area contributed by atoms with E-state index in [1.54, 1.807) is 0 Å². The highest BCUT2D eigenvalue weighted by Crippen LogP contribution is 2.15. The van der Waals surface area contributed by atoms with Gasteiger partial charge in [0.1, 0.15) is 0 Å². The summed E-state index contributed by atoms with van der Waals surface area (Å²) in [6, 6.07) is 18.4. The molecule has 0 heterocycles. The normalized spacial score (nSPS) is 9.12. The Balaban J connectivity index is 0.000000606. The Hall–Kier alpha value is -1.76. The minimum Gasteiger partial charge on any atom is -0.398 e. The smallest absolute Gasteiger partial charge is 0.0349 e. The zero-order valence-corrected chi connectivity index (χ0v) is 9.98. The summed E-state index contributed by atoms with van der Waals surface area (Å²) in [7, 11) is 0. The van der Waals surface area contributed by atoms with Crippen LogP contribution in [0.25, 0.3) is 0 Å². The maximum atomic E-state index is 5.87. The molecule has 2 N–H and O–H groups in total. The maximum Gasteiger partial charge on any atom is 0.0349 e. The first-order valence-corrected chi connectivity index (χ1v) is 5.73. The topological polar surface area (TPSA) is 26.0 Å². The highest BCUT2D eigenvalue weighted by molar-refractivity contribution is 5.48. The van der Waals surface area contributed by atoms with Crippen molar-refractivity contribution in [3.05, 3.63) is 65.7 Å². The first kappa shape index (κ1) is 12.3. The summed E-state index contributed by atoms with van der Waals surface area (Å²) in [4.78, 5) is 0. The van der Waals surface area contributed by atoms with Crippen LogP contribution in [0, 0.1) is 0 Å². The number of benzene rings is 2. The highest BCUT2D eigenvalue weighted by atomic mass is 14.6. The van der Waals surface area contributed by atoms with Gasteiger partial charge in [-0.2, -0.15) is 0 Å². The molecule has 0 unspecified atom stereocenters. The molecular formula is C15H19N. The summed E-state index contributed by atoms with van der Waals surface area (Å²) in [5, 5.41) is 0. The SMILES string of the molecule is CC.Nc1ccccc1Cc1ccccc1. The molecule has 0 aliphatic rings. The van der Waals surface area contributed by atoms with Crippen molar-refractivity contribution in [3.63, 3.8) is 0 Å². The van der Waals surface area contributed by atoms with Crippen LogP contribution in [0.2, 0.25) is 0 Å². The number of nitrogens with two attached hydrogens (primary N) is 1. The van der Waals surface area contributed by atoms with Crippen LogP contribution >= 0.6 is 0 Å². The lowest BCUT2D eigenvalue weighted by Gasteiger charge is -2.04. The summed E-state index contributed by atoms with van der Waals surface area (Å²) in [6.07, 6.45) is 0.910. The van der Waals surface area contributed by atoms with Gasteiger partial charge in [-0.05, 0) is 23.6 Å². The van der Waals surface area contributed by atoms with Crippen LogP contribution in [0.3, 0.4) is 0 Å². The van der Waals surface area contributed by atoms with Gasteiger partial charge in [-0.1, -0.05) is 62.4 Å². The van der Waals surface area contributed by atoms with Crippen LogP contribution in [-0.2, 0) is 6.42 Å². The average Bonchev–Trinajstić information content (AvgIpc) is 2.36. The predicted octanol–water partition coefficient (Wildman–Crippen LogP) is 3.89. The van der Waals surface area contributed by atoms with Crippen LogP contribution in [0.1, 0.15) is 25.0 Å². The molecule has 0 fully saturated rings. The lowest BCUT2D eigenvalue weighted by molar-refractivity contribution is 1.20. The molecule has 0 aliphatic carbocycles. The quantitative estimate of drug-likeness (QED) is 0.753. The molecule has 0 atom stereocenters. The van der Waals surface area contributed by atoms with E-state index in [0.717, 1.165) is 12.1 Å². The molecule has 16 heavy (non-hydrogen) atoms. The van der Waals surface area contributed by atoms with E-state index in [4.69, 9.17) is 5.73 Å². The van der Waals surface area contributed by atoms with E-state index in [0.29, 0.717) is 0 Å². The van der Waals surface area contributed by atoms with Gasteiger partial charge in [0, 0.05) is 5.69 Å². The molecule has 84 valence electrons. The zero-order valence-electron chi connectivity index (χ0n) is 9.98. The van der Waals surface area contributed by atoms with Gasteiger partial charge in [0.05, 0.1) is 0 Å².